The Labute approximate surface area is 169 Å². The standard InChI is InChI=1S/C22H25N5O2/c1-23-14-24-16-7-4-6-15(12-16)21(28)25-17-8-5-9-18(13-17)29-22-26-19-10-2-3-11-20(19)27-22/h2-4,6-7,10-12,14,17-18H,5,8-9,13H2,1H3,(H,23,24)(H,25,28)(H,26,27). The zero-order valence-corrected chi connectivity index (χ0v) is 16.4. The van der Waals surface area contributed by atoms with E-state index >= 15 is 0 Å². The predicted molar refractivity (Wildman–Crippen MR) is 115 cm³/mol. The number of para-hydroxylation sites is 2. The molecule has 0 radical (unpaired) electrons. The van der Waals surface area contributed by atoms with Crippen LogP contribution in [0.1, 0.15) is 36.0 Å². The molecule has 1 saturated carbocycles. The number of aromatic nitrogens is 2. The highest BCUT2D eigenvalue weighted by Gasteiger charge is 2.25. The summed E-state index contributed by atoms with van der Waals surface area (Å²) in [5.74, 6) is -0.0727. The molecule has 0 spiro atoms. The van der Waals surface area contributed by atoms with Crippen molar-refractivity contribution in [1.82, 2.24) is 15.3 Å². The number of H-pyrrole nitrogens is 1. The molecule has 2 unspecified atom stereocenters. The summed E-state index contributed by atoms with van der Waals surface area (Å²) in [5.41, 5.74) is 3.31. The van der Waals surface area contributed by atoms with Crippen LogP contribution in [0.15, 0.2) is 53.5 Å². The molecule has 3 N–H and O–H groups in total. The van der Waals surface area contributed by atoms with Gasteiger partial charge in [-0.3, -0.25) is 9.79 Å². The van der Waals surface area contributed by atoms with Crippen LogP contribution >= 0.6 is 0 Å². The van der Waals surface area contributed by atoms with Crippen LogP contribution in [0.25, 0.3) is 11.0 Å². The number of imidazole rings is 1. The van der Waals surface area contributed by atoms with Crippen LogP contribution in [0.3, 0.4) is 0 Å². The number of hydrogen-bond donors (Lipinski definition) is 3. The molecule has 3 aromatic rings. The monoisotopic (exact) mass is 391 g/mol. The number of hydrogen-bond acceptors (Lipinski definition) is 4. The van der Waals surface area contributed by atoms with E-state index in [0.717, 1.165) is 42.4 Å². The molecule has 0 bridgehead atoms. The Bertz CT molecular complexity index is 980. The minimum absolute atomic E-state index is 0.0309. The third-order valence-corrected chi connectivity index (χ3v) is 5.09. The van der Waals surface area contributed by atoms with E-state index in [-0.39, 0.29) is 18.1 Å². The highest BCUT2D eigenvalue weighted by Crippen LogP contribution is 2.24. The van der Waals surface area contributed by atoms with E-state index in [2.05, 4.69) is 25.6 Å². The Morgan fingerprint density at radius 3 is 3.00 bits per heavy atom. The van der Waals surface area contributed by atoms with Gasteiger partial charge < -0.3 is 20.4 Å². The lowest BCUT2D eigenvalue weighted by Crippen LogP contribution is -2.41. The summed E-state index contributed by atoms with van der Waals surface area (Å²) in [6, 6.07) is 15.9. The number of carbonyl (C=O) groups excluding carboxylic acids is 1. The van der Waals surface area contributed by atoms with Crippen molar-refractivity contribution in [2.24, 2.45) is 4.99 Å². The number of anilines is 1. The third-order valence-electron chi connectivity index (χ3n) is 5.09. The van der Waals surface area contributed by atoms with Crippen LogP contribution in [0.4, 0.5) is 5.69 Å². The zero-order valence-electron chi connectivity index (χ0n) is 16.4. The second-order valence-corrected chi connectivity index (χ2v) is 7.25. The number of nitrogens with one attached hydrogen (secondary N) is 3. The summed E-state index contributed by atoms with van der Waals surface area (Å²) in [5, 5.41) is 6.19. The molecule has 1 heterocycles. The summed E-state index contributed by atoms with van der Waals surface area (Å²) < 4.78 is 6.08. The first-order valence-electron chi connectivity index (χ1n) is 9.91. The molecule has 1 amide bonds. The number of rotatable bonds is 6. The van der Waals surface area contributed by atoms with Crippen LogP contribution < -0.4 is 15.4 Å². The smallest absolute Gasteiger partial charge is 0.294 e. The van der Waals surface area contributed by atoms with E-state index < -0.39 is 0 Å². The summed E-state index contributed by atoms with van der Waals surface area (Å²) in [7, 11) is 1.69. The van der Waals surface area contributed by atoms with E-state index in [1.165, 1.54) is 0 Å². The van der Waals surface area contributed by atoms with Crippen molar-refractivity contribution in [3.8, 4) is 6.01 Å². The molecule has 1 aliphatic carbocycles. The van der Waals surface area contributed by atoms with Gasteiger partial charge in [-0.15, -0.1) is 0 Å². The van der Waals surface area contributed by atoms with Crippen LogP contribution in [-0.4, -0.2) is 41.4 Å². The Balaban J connectivity index is 1.36. The number of carbonyl (C=O) groups is 1. The van der Waals surface area contributed by atoms with Gasteiger partial charge in [0.15, 0.2) is 0 Å². The van der Waals surface area contributed by atoms with Crippen molar-refractivity contribution in [1.29, 1.82) is 0 Å². The quantitative estimate of drug-likeness (QED) is 0.441. The first kappa shape index (κ1) is 19.0. The molecule has 2 atom stereocenters. The Morgan fingerprint density at radius 1 is 1.24 bits per heavy atom. The highest BCUT2D eigenvalue weighted by molar-refractivity contribution is 5.95. The second kappa shape index (κ2) is 8.77. The number of amides is 1. The molecule has 0 aliphatic heterocycles. The number of nitrogens with zero attached hydrogens (tertiary/aromatic N) is 2. The van der Waals surface area contributed by atoms with Crippen molar-refractivity contribution < 1.29 is 9.53 Å². The molecule has 7 nitrogen and oxygen atoms in total. The fourth-order valence-corrected chi connectivity index (χ4v) is 3.68. The maximum Gasteiger partial charge on any atom is 0.294 e. The number of fused-ring (bicyclic) bond motifs is 1. The van der Waals surface area contributed by atoms with E-state index in [0.29, 0.717) is 11.6 Å². The van der Waals surface area contributed by atoms with Gasteiger partial charge in [0.2, 0.25) is 0 Å². The molecule has 4 rings (SSSR count). The van der Waals surface area contributed by atoms with Crippen LogP contribution in [0.5, 0.6) is 6.01 Å². The lowest BCUT2D eigenvalue weighted by molar-refractivity contribution is 0.0873. The lowest BCUT2D eigenvalue weighted by atomic mass is 9.92. The number of benzene rings is 2. The summed E-state index contributed by atoms with van der Waals surface area (Å²) in [4.78, 5) is 24.3. The first-order chi connectivity index (χ1) is 14.2. The molecule has 2 aromatic carbocycles. The minimum Gasteiger partial charge on any atom is -0.461 e. The van der Waals surface area contributed by atoms with Gasteiger partial charge in [0.25, 0.3) is 11.9 Å². The normalized spacial score (nSPS) is 19.3. The molecular weight excluding hydrogens is 366 g/mol. The summed E-state index contributed by atoms with van der Waals surface area (Å²) in [6.45, 7) is 0. The molecule has 29 heavy (non-hydrogen) atoms. The SMILES string of the molecule is CN=CNc1cccc(C(=O)NC2CCCC(Oc3nc4ccccc4[nH]3)C2)c1. The minimum atomic E-state index is -0.0727. The molecule has 1 fully saturated rings. The molecule has 0 saturated heterocycles. The van der Waals surface area contributed by atoms with Gasteiger partial charge >= 0.3 is 0 Å². The summed E-state index contributed by atoms with van der Waals surface area (Å²) >= 11 is 0. The Kier molecular flexibility index (Phi) is 5.74. The number of aromatic amines is 1. The van der Waals surface area contributed by atoms with Gasteiger partial charge in [0.05, 0.1) is 17.4 Å². The van der Waals surface area contributed by atoms with E-state index in [4.69, 9.17) is 4.74 Å². The van der Waals surface area contributed by atoms with Crippen LogP contribution in [-0.2, 0) is 0 Å². The Morgan fingerprint density at radius 2 is 2.14 bits per heavy atom. The van der Waals surface area contributed by atoms with E-state index in [1.807, 2.05) is 48.5 Å². The van der Waals surface area contributed by atoms with E-state index in [1.54, 1.807) is 13.4 Å². The van der Waals surface area contributed by atoms with Gasteiger partial charge in [0, 0.05) is 30.8 Å². The maximum atomic E-state index is 12.7. The maximum absolute atomic E-state index is 12.7. The van der Waals surface area contributed by atoms with Gasteiger partial charge in [-0.1, -0.05) is 18.2 Å². The highest BCUT2D eigenvalue weighted by atomic mass is 16.5. The number of ether oxygens (including phenoxy) is 1. The average molecular weight is 391 g/mol. The average Bonchev–Trinajstić information content (AvgIpc) is 3.15. The van der Waals surface area contributed by atoms with Gasteiger partial charge in [-0.25, -0.2) is 0 Å². The van der Waals surface area contributed by atoms with Crippen LogP contribution in [0, 0.1) is 0 Å². The molecule has 1 aliphatic rings. The topological polar surface area (TPSA) is 91.4 Å². The molecule has 1 aromatic heterocycles. The number of aliphatic imine (C=N–C) groups is 1. The van der Waals surface area contributed by atoms with Gasteiger partial charge in [-0.2, -0.15) is 4.98 Å². The van der Waals surface area contributed by atoms with Crippen molar-refractivity contribution in [2.75, 3.05) is 12.4 Å². The largest absolute Gasteiger partial charge is 0.461 e. The fraction of sp³-hybridized carbons (Fsp3) is 0.318. The van der Waals surface area contributed by atoms with Crippen molar-refractivity contribution in [3.63, 3.8) is 0 Å². The fourth-order valence-electron chi connectivity index (χ4n) is 3.68. The lowest BCUT2D eigenvalue weighted by Gasteiger charge is -2.29. The van der Waals surface area contributed by atoms with Crippen molar-refractivity contribution in [2.45, 2.75) is 37.8 Å². The molecule has 150 valence electrons. The first-order valence-corrected chi connectivity index (χ1v) is 9.91. The Hall–Kier alpha value is -3.35. The van der Waals surface area contributed by atoms with Gasteiger partial charge in [0.1, 0.15) is 6.10 Å². The van der Waals surface area contributed by atoms with Gasteiger partial charge in [-0.05, 0) is 49.6 Å². The third kappa shape index (κ3) is 4.74. The second-order valence-electron chi connectivity index (χ2n) is 7.25. The molecular formula is C22H25N5O2. The van der Waals surface area contributed by atoms with Crippen molar-refractivity contribution in [3.05, 3.63) is 54.1 Å². The molecule has 7 heteroatoms. The van der Waals surface area contributed by atoms with E-state index in [9.17, 15) is 4.79 Å². The zero-order chi connectivity index (χ0) is 20.1. The van der Waals surface area contributed by atoms with Crippen molar-refractivity contribution >= 4 is 29.0 Å². The summed E-state index contributed by atoms with van der Waals surface area (Å²) in [6.07, 6.45) is 5.31. The van der Waals surface area contributed by atoms with Crippen LogP contribution in [0.2, 0.25) is 0 Å². The predicted octanol–water partition coefficient (Wildman–Crippen LogP) is 3.75.